The van der Waals surface area contributed by atoms with Crippen LogP contribution in [-0.2, 0) is 14.8 Å². The molecule has 1 aromatic carbocycles. The van der Waals surface area contributed by atoms with E-state index in [4.69, 9.17) is 4.74 Å². The Balaban J connectivity index is 1.64. The second kappa shape index (κ2) is 8.62. The van der Waals surface area contributed by atoms with Gasteiger partial charge in [0, 0.05) is 19.1 Å². The molecule has 0 radical (unpaired) electrons. The summed E-state index contributed by atoms with van der Waals surface area (Å²) in [6.07, 6.45) is -3.44. The van der Waals surface area contributed by atoms with Crippen molar-refractivity contribution in [3.63, 3.8) is 0 Å². The minimum absolute atomic E-state index is 0.00756. The molecule has 2 aliphatic rings. The lowest BCUT2D eigenvalue weighted by atomic mass is 9.99. The van der Waals surface area contributed by atoms with Gasteiger partial charge in [-0.2, -0.15) is 4.31 Å². The summed E-state index contributed by atoms with van der Waals surface area (Å²) < 4.78 is 72.8. The van der Waals surface area contributed by atoms with Gasteiger partial charge in [0.15, 0.2) is 0 Å². The molecule has 2 heterocycles. The minimum Gasteiger partial charge on any atom is -0.447 e. The molecule has 2 saturated heterocycles. The highest BCUT2D eigenvalue weighted by molar-refractivity contribution is 7.89. The number of rotatable bonds is 6. The molecular formula is C19H25F3N2O5S. The van der Waals surface area contributed by atoms with E-state index < -0.39 is 22.1 Å². The van der Waals surface area contributed by atoms with E-state index in [0.29, 0.717) is 25.4 Å². The molecule has 7 nitrogen and oxygen atoms in total. The summed E-state index contributed by atoms with van der Waals surface area (Å²) in [5.74, 6) is -0.0827. The molecule has 2 fully saturated rings. The third-order valence-electron chi connectivity index (χ3n) is 5.26. The van der Waals surface area contributed by atoms with Gasteiger partial charge in [-0.15, -0.1) is 13.2 Å². The first kappa shape index (κ1) is 22.7. The number of amides is 1. The quantitative estimate of drug-likeness (QED) is 0.662. The molecule has 11 heteroatoms. The maximum absolute atomic E-state index is 12.8. The zero-order chi connectivity index (χ0) is 22.1. The molecule has 0 aliphatic carbocycles. The van der Waals surface area contributed by atoms with E-state index in [1.165, 1.54) is 4.31 Å². The SMILES string of the molecule is CC(C)CC1COC(=O)N1C1CCN(S(=O)(=O)c2ccc(OC(F)(F)F)cc2)CC1. The Labute approximate surface area is 173 Å². The van der Waals surface area contributed by atoms with Gasteiger partial charge in [-0.25, -0.2) is 13.2 Å². The highest BCUT2D eigenvalue weighted by atomic mass is 32.2. The number of carbonyl (C=O) groups excluding carboxylic acids is 1. The Morgan fingerprint density at radius 2 is 1.77 bits per heavy atom. The van der Waals surface area contributed by atoms with E-state index in [-0.39, 0.29) is 36.2 Å². The highest BCUT2D eigenvalue weighted by Gasteiger charge is 2.41. The lowest BCUT2D eigenvalue weighted by Crippen LogP contribution is -2.49. The smallest absolute Gasteiger partial charge is 0.447 e. The number of alkyl halides is 3. The number of ether oxygens (including phenoxy) is 2. The Morgan fingerprint density at radius 1 is 1.17 bits per heavy atom. The lowest BCUT2D eigenvalue weighted by molar-refractivity contribution is -0.274. The van der Waals surface area contributed by atoms with Gasteiger partial charge in [0.1, 0.15) is 12.4 Å². The van der Waals surface area contributed by atoms with E-state index in [2.05, 4.69) is 18.6 Å². The van der Waals surface area contributed by atoms with Crippen molar-refractivity contribution in [2.75, 3.05) is 19.7 Å². The van der Waals surface area contributed by atoms with Crippen LogP contribution in [0.3, 0.4) is 0 Å². The predicted molar refractivity (Wildman–Crippen MR) is 101 cm³/mol. The number of benzene rings is 1. The highest BCUT2D eigenvalue weighted by Crippen LogP contribution is 2.30. The van der Waals surface area contributed by atoms with Gasteiger partial charge in [0.2, 0.25) is 10.0 Å². The van der Waals surface area contributed by atoms with Crippen LogP contribution in [-0.4, -0.2) is 61.9 Å². The van der Waals surface area contributed by atoms with Crippen LogP contribution < -0.4 is 4.74 Å². The number of nitrogens with zero attached hydrogens (tertiary/aromatic N) is 2. The molecule has 1 unspecified atom stereocenters. The monoisotopic (exact) mass is 450 g/mol. The molecule has 0 N–H and O–H groups in total. The number of piperidine rings is 1. The van der Waals surface area contributed by atoms with Crippen LogP contribution in [0.4, 0.5) is 18.0 Å². The van der Waals surface area contributed by atoms with E-state index >= 15 is 0 Å². The molecule has 1 aromatic rings. The Morgan fingerprint density at radius 3 is 2.30 bits per heavy atom. The van der Waals surface area contributed by atoms with Crippen molar-refractivity contribution in [3.8, 4) is 5.75 Å². The third-order valence-corrected chi connectivity index (χ3v) is 7.17. The maximum Gasteiger partial charge on any atom is 0.573 e. The van der Waals surface area contributed by atoms with Gasteiger partial charge in [-0.1, -0.05) is 13.8 Å². The fraction of sp³-hybridized carbons (Fsp3) is 0.632. The van der Waals surface area contributed by atoms with Crippen LogP contribution >= 0.6 is 0 Å². The molecule has 0 saturated carbocycles. The topological polar surface area (TPSA) is 76.2 Å². The van der Waals surface area contributed by atoms with Crippen LogP contribution in [0.15, 0.2) is 29.2 Å². The number of carbonyl (C=O) groups is 1. The number of cyclic esters (lactones) is 1. The summed E-state index contributed by atoms with van der Waals surface area (Å²) in [6.45, 7) is 4.92. The van der Waals surface area contributed by atoms with Crippen LogP contribution in [0.5, 0.6) is 5.75 Å². The predicted octanol–water partition coefficient (Wildman–Crippen LogP) is 3.61. The minimum atomic E-state index is -4.84. The largest absolute Gasteiger partial charge is 0.573 e. The molecule has 0 bridgehead atoms. The third kappa shape index (κ3) is 5.18. The number of hydrogen-bond acceptors (Lipinski definition) is 5. The van der Waals surface area contributed by atoms with Crippen molar-refractivity contribution in [3.05, 3.63) is 24.3 Å². The molecule has 1 atom stereocenters. The summed E-state index contributed by atoms with van der Waals surface area (Å²) in [5.41, 5.74) is 0. The Kier molecular flexibility index (Phi) is 6.51. The number of hydrogen-bond donors (Lipinski definition) is 0. The van der Waals surface area contributed by atoms with Crippen LogP contribution in [0, 0.1) is 5.92 Å². The van der Waals surface area contributed by atoms with Crippen molar-refractivity contribution in [1.29, 1.82) is 0 Å². The van der Waals surface area contributed by atoms with Crippen LogP contribution in [0.2, 0.25) is 0 Å². The Hall–Kier alpha value is -2.01. The van der Waals surface area contributed by atoms with E-state index in [9.17, 15) is 26.4 Å². The molecule has 3 rings (SSSR count). The summed E-state index contributed by atoms with van der Waals surface area (Å²) in [4.78, 5) is 13.8. The second-order valence-electron chi connectivity index (χ2n) is 7.92. The Bertz CT molecular complexity index is 850. The molecular weight excluding hydrogens is 425 g/mol. The van der Waals surface area contributed by atoms with Crippen molar-refractivity contribution in [2.24, 2.45) is 5.92 Å². The van der Waals surface area contributed by atoms with E-state index in [1.54, 1.807) is 4.90 Å². The first-order chi connectivity index (χ1) is 14.0. The average molecular weight is 450 g/mol. The molecule has 30 heavy (non-hydrogen) atoms. The van der Waals surface area contributed by atoms with Gasteiger partial charge >= 0.3 is 12.5 Å². The van der Waals surface area contributed by atoms with Gasteiger partial charge in [-0.3, -0.25) is 4.90 Å². The fourth-order valence-corrected chi connectivity index (χ4v) is 5.44. The second-order valence-corrected chi connectivity index (χ2v) is 9.86. The van der Waals surface area contributed by atoms with Gasteiger partial charge in [-0.05, 0) is 49.4 Å². The molecule has 1 amide bonds. The van der Waals surface area contributed by atoms with Gasteiger partial charge in [0.05, 0.1) is 10.9 Å². The van der Waals surface area contributed by atoms with Crippen LogP contribution in [0.1, 0.15) is 33.1 Å². The van der Waals surface area contributed by atoms with Gasteiger partial charge < -0.3 is 9.47 Å². The number of sulfonamides is 1. The normalized spacial score (nSPS) is 21.9. The zero-order valence-corrected chi connectivity index (χ0v) is 17.6. The molecule has 0 spiro atoms. The van der Waals surface area contributed by atoms with Crippen LogP contribution in [0.25, 0.3) is 0 Å². The summed E-state index contributed by atoms with van der Waals surface area (Å²) in [7, 11) is -3.85. The standard InChI is InChI=1S/C19H25F3N2O5S/c1-13(2)11-15-12-28-18(25)24(15)14-7-9-23(10-8-14)30(26,27)17-5-3-16(4-6-17)29-19(20,21)22/h3-6,13-15H,7-12H2,1-2H3. The van der Waals surface area contributed by atoms with E-state index in [0.717, 1.165) is 30.7 Å². The maximum atomic E-state index is 12.8. The first-order valence-corrected chi connectivity index (χ1v) is 11.2. The van der Waals surface area contributed by atoms with Crippen molar-refractivity contribution >= 4 is 16.1 Å². The van der Waals surface area contributed by atoms with E-state index in [1.807, 2.05) is 0 Å². The lowest BCUT2D eigenvalue weighted by Gasteiger charge is -2.37. The van der Waals surface area contributed by atoms with Crippen molar-refractivity contribution in [2.45, 2.75) is 56.5 Å². The zero-order valence-electron chi connectivity index (χ0n) is 16.8. The first-order valence-electron chi connectivity index (χ1n) is 9.78. The fourth-order valence-electron chi connectivity index (χ4n) is 3.97. The average Bonchev–Trinajstić information content (AvgIpc) is 3.00. The molecule has 168 valence electrons. The number of halogens is 3. The van der Waals surface area contributed by atoms with Crippen molar-refractivity contribution in [1.82, 2.24) is 9.21 Å². The summed E-state index contributed by atoms with van der Waals surface area (Å²) >= 11 is 0. The summed E-state index contributed by atoms with van der Waals surface area (Å²) in [5, 5.41) is 0. The van der Waals surface area contributed by atoms with Gasteiger partial charge in [0.25, 0.3) is 0 Å². The van der Waals surface area contributed by atoms with Crippen molar-refractivity contribution < 1.29 is 35.9 Å². The molecule has 0 aromatic heterocycles. The summed E-state index contributed by atoms with van der Waals surface area (Å²) in [6, 6.07) is 4.04. The molecule has 2 aliphatic heterocycles.